The Hall–Kier alpha value is -2.33. The molecule has 0 aliphatic rings. The van der Waals surface area contributed by atoms with Crippen molar-refractivity contribution >= 4 is 28.5 Å². The SMILES string of the molecule is CN(C)c1nc(=O)c2ccc(Cl)cc2n1Cc1ccccc1. The maximum atomic E-state index is 12.2. The average Bonchev–Trinajstić information content (AvgIpc) is 2.50. The third-order valence-corrected chi connectivity index (χ3v) is 3.74. The molecule has 4 nitrogen and oxygen atoms in total. The summed E-state index contributed by atoms with van der Waals surface area (Å²) in [6, 6.07) is 15.3. The molecule has 2 aromatic carbocycles. The van der Waals surface area contributed by atoms with Gasteiger partial charge in [-0.15, -0.1) is 0 Å². The standard InChI is InChI=1S/C17H16ClN3O/c1-20(2)17-19-16(22)14-9-8-13(18)10-15(14)21(17)11-12-6-4-3-5-7-12/h3-10H,11H2,1-2H3. The van der Waals surface area contributed by atoms with Gasteiger partial charge in [0.1, 0.15) is 0 Å². The topological polar surface area (TPSA) is 38.1 Å². The second kappa shape index (κ2) is 5.81. The van der Waals surface area contributed by atoms with Crippen molar-refractivity contribution < 1.29 is 0 Å². The van der Waals surface area contributed by atoms with Crippen molar-refractivity contribution in [1.82, 2.24) is 9.55 Å². The van der Waals surface area contributed by atoms with Crippen LogP contribution in [0.2, 0.25) is 5.02 Å². The Morgan fingerprint density at radius 1 is 1.14 bits per heavy atom. The third-order valence-electron chi connectivity index (χ3n) is 3.51. The molecular formula is C17H16ClN3O. The highest BCUT2D eigenvalue weighted by molar-refractivity contribution is 6.31. The highest BCUT2D eigenvalue weighted by atomic mass is 35.5. The van der Waals surface area contributed by atoms with Crippen molar-refractivity contribution in [1.29, 1.82) is 0 Å². The summed E-state index contributed by atoms with van der Waals surface area (Å²) < 4.78 is 2.01. The zero-order valence-electron chi connectivity index (χ0n) is 12.5. The summed E-state index contributed by atoms with van der Waals surface area (Å²) in [5.74, 6) is 0.614. The Balaban J connectivity index is 2.29. The van der Waals surface area contributed by atoms with Crippen molar-refractivity contribution in [2.45, 2.75) is 6.54 Å². The normalized spacial score (nSPS) is 10.9. The number of hydrogen-bond acceptors (Lipinski definition) is 3. The molecule has 3 aromatic rings. The van der Waals surface area contributed by atoms with Gasteiger partial charge in [0.25, 0.3) is 5.56 Å². The molecule has 5 heteroatoms. The van der Waals surface area contributed by atoms with Gasteiger partial charge in [-0.3, -0.25) is 4.79 Å². The zero-order chi connectivity index (χ0) is 15.7. The average molecular weight is 314 g/mol. The molecule has 1 heterocycles. The predicted molar refractivity (Wildman–Crippen MR) is 90.9 cm³/mol. The van der Waals surface area contributed by atoms with Crippen LogP contribution in [-0.4, -0.2) is 23.6 Å². The van der Waals surface area contributed by atoms with Crippen molar-refractivity contribution in [2.75, 3.05) is 19.0 Å². The lowest BCUT2D eigenvalue weighted by molar-refractivity contribution is 0.775. The van der Waals surface area contributed by atoms with E-state index in [1.54, 1.807) is 12.1 Å². The van der Waals surface area contributed by atoms with Crippen LogP contribution in [-0.2, 0) is 6.54 Å². The maximum absolute atomic E-state index is 12.2. The molecule has 0 spiro atoms. The number of benzene rings is 2. The van der Waals surface area contributed by atoms with Crippen molar-refractivity contribution in [3.05, 3.63) is 69.5 Å². The molecule has 0 amide bonds. The van der Waals surface area contributed by atoms with Gasteiger partial charge in [-0.05, 0) is 23.8 Å². The lowest BCUT2D eigenvalue weighted by atomic mass is 10.2. The molecule has 0 bridgehead atoms. The van der Waals surface area contributed by atoms with E-state index in [2.05, 4.69) is 4.98 Å². The Morgan fingerprint density at radius 3 is 2.55 bits per heavy atom. The van der Waals surface area contributed by atoms with Crippen LogP contribution in [0.4, 0.5) is 5.95 Å². The molecule has 0 N–H and O–H groups in total. The minimum absolute atomic E-state index is 0.236. The van der Waals surface area contributed by atoms with E-state index in [4.69, 9.17) is 11.6 Å². The van der Waals surface area contributed by atoms with Gasteiger partial charge in [-0.1, -0.05) is 41.9 Å². The fraction of sp³-hybridized carbons (Fsp3) is 0.176. The van der Waals surface area contributed by atoms with E-state index in [0.717, 1.165) is 11.1 Å². The van der Waals surface area contributed by atoms with Crippen LogP contribution < -0.4 is 10.5 Å². The largest absolute Gasteiger partial charge is 0.348 e. The Labute approximate surface area is 133 Å². The fourth-order valence-electron chi connectivity index (χ4n) is 2.49. The number of hydrogen-bond donors (Lipinski definition) is 0. The number of aromatic nitrogens is 2. The molecule has 22 heavy (non-hydrogen) atoms. The summed E-state index contributed by atoms with van der Waals surface area (Å²) >= 11 is 6.13. The first-order chi connectivity index (χ1) is 10.6. The summed E-state index contributed by atoms with van der Waals surface area (Å²) in [4.78, 5) is 18.3. The fourth-order valence-corrected chi connectivity index (χ4v) is 2.66. The van der Waals surface area contributed by atoms with Gasteiger partial charge in [-0.2, -0.15) is 4.98 Å². The molecule has 0 saturated carbocycles. The van der Waals surface area contributed by atoms with Crippen LogP contribution in [0.5, 0.6) is 0 Å². The number of halogens is 1. The second-order valence-electron chi connectivity index (χ2n) is 5.34. The quantitative estimate of drug-likeness (QED) is 0.745. The minimum Gasteiger partial charge on any atom is -0.348 e. The summed E-state index contributed by atoms with van der Waals surface area (Å²) in [7, 11) is 3.75. The van der Waals surface area contributed by atoms with E-state index in [-0.39, 0.29) is 5.56 Å². The van der Waals surface area contributed by atoms with Gasteiger partial charge in [0.05, 0.1) is 17.4 Å². The number of fused-ring (bicyclic) bond motifs is 1. The number of rotatable bonds is 3. The molecule has 0 radical (unpaired) electrons. The van der Waals surface area contributed by atoms with Gasteiger partial charge in [0.15, 0.2) is 0 Å². The molecule has 3 rings (SSSR count). The molecule has 0 saturated heterocycles. The number of nitrogens with zero attached hydrogens (tertiary/aromatic N) is 3. The van der Waals surface area contributed by atoms with E-state index in [1.165, 1.54) is 0 Å². The molecular weight excluding hydrogens is 298 g/mol. The van der Waals surface area contributed by atoms with Crippen molar-refractivity contribution in [3.63, 3.8) is 0 Å². The maximum Gasteiger partial charge on any atom is 0.282 e. The van der Waals surface area contributed by atoms with Gasteiger partial charge >= 0.3 is 0 Å². The molecule has 0 atom stereocenters. The van der Waals surface area contributed by atoms with Crippen LogP contribution in [0.15, 0.2) is 53.3 Å². The molecule has 1 aromatic heterocycles. The van der Waals surface area contributed by atoms with Crippen LogP contribution in [0.3, 0.4) is 0 Å². The molecule has 112 valence electrons. The minimum atomic E-state index is -0.236. The molecule has 0 fully saturated rings. The Bertz CT molecular complexity index is 872. The highest BCUT2D eigenvalue weighted by Crippen LogP contribution is 2.21. The molecule has 0 aliphatic heterocycles. The monoisotopic (exact) mass is 313 g/mol. The Kier molecular flexibility index (Phi) is 3.86. The van der Waals surface area contributed by atoms with Gasteiger partial charge < -0.3 is 9.47 Å². The first-order valence-electron chi connectivity index (χ1n) is 6.97. The van der Waals surface area contributed by atoms with Gasteiger partial charge in [0, 0.05) is 19.1 Å². The first kappa shape index (κ1) is 14.6. The lowest BCUT2D eigenvalue weighted by Crippen LogP contribution is -2.24. The second-order valence-corrected chi connectivity index (χ2v) is 5.78. The third kappa shape index (κ3) is 2.70. The van der Waals surface area contributed by atoms with E-state index < -0.39 is 0 Å². The Morgan fingerprint density at radius 2 is 1.86 bits per heavy atom. The van der Waals surface area contributed by atoms with E-state index in [9.17, 15) is 4.79 Å². The number of anilines is 1. The van der Waals surface area contributed by atoms with Crippen molar-refractivity contribution in [2.24, 2.45) is 0 Å². The highest BCUT2D eigenvalue weighted by Gasteiger charge is 2.13. The van der Waals surface area contributed by atoms with Gasteiger partial charge in [-0.25, -0.2) is 0 Å². The van der Waals surface area contributed by atoms with Crippen molar-refractivity contribution in [3.8, 4) is 0 Å². The summed E-state index contributed by atoms with van der Waals surface area (Å²) in [6.45, 7) is 0.623. The molecule has 0 aliphatic carbocycles. The van der Waals surface area contributed by atoms with E-state index in [0.29, 0.717) is 22.9 Å². The zero-order valence-corrected chi connectivity index (χ0v) is 13.2. The summed E-state index contributed by atoms with van der Waals surface area (Å²) in [5, 5.41) is 1.18. The van der Waals surface area contributed by atoms with Gasteiger partial charge in [0.2, 0.25) is 5.95 Å². The smallest absolute Gasteiger partial charge is 0.282 e. The van der Waals surface area contributed by atoms with Crippen LogP contribution in [0, 0.1) is 0 Å². The first-order valence-corrected chi connectivity index (χ1v) is 7.35. The predicted octanol–water partition coefficient (Wildman–Crippen LogP) is 3.16. The van der Waals surface area contributed by atoms with E-state index >= 15 is 0 Å². The summed E-state index contributed by atoms with van der Waals surface area (Å²) in [6.07, 6.45) is 0. The lowest BCUT2D eigenvalue weighted by Gasteiger charge is -2.20. The summed E-state index contributed by atoms with van der Waals surface area (Å²) in [5.41, 5.74) is 1.69. The molecule has 0 unspecified atom stereocenters. The van der Waals surface area contributed by atoms with Crippen LogP contribution in [0.1, 0.15) is 5.56 Å². The van der Waals surface area contributed by atoms with E-state index in [1.807, 2.05) is 60.0 Å². The van der Waals surface area contributed by atoms with Crippen LogP contribution in [0.25, 0.3) is 10.9 Å². The van der Waals surface area contributed by atoms with Crippen LogP contribution >= 0.6 is 11.6 Å².